The lowest BCUT2D eigenvalue weighted by Gasteiger charge is -2.16. The number of halogens is 5. The first-order valence-corrected chi connectivity index (χ1v) is 6.73. The number of aromatic nitrogens is 1. The number of hydrogen-bond donors (Lipinski definition) is 1. The molecule has 2 nitrogen and oxygen atoms in total. The molecule has 0 aliphatic heterocycles. The lowest BCUT2D eigenvalue weighted by molar-refractivity contribution is -0.290. The lowest BCUT2D eigenvalue weighted by atomic mass is 10.1. The normalized spacial score (nSPS) is 12.7. The van der Waals surface area contributed by atoms with Crippen LogP contribution in [0, 0.1) is 6.92 Å². The predicted molar refractivity (Wildman–Crippen MR) is 70.5 cm³/mol. The summed E-state index contributed by atoms with van der Waals surface area (Å²) in [4.78, 5) is 3.41. The third-order valence-electron chi connectivity index (χ3n) is 2.92. The number of rotatable bonds is 3. The van der Waals surface area contributed by atoms with Gasteiger partial charge < -0.3 is 5.73 Å². The van der Waals surface area contributed by atoms with E-state index in [2.05, 4.69) is 4.98 Å². The number of aryl methyl sites for hydroxylation is 1. The second-order valence-electron chi connectivity index (χ2n) is 4.57. The molecule has 0 radical (unpaired) electrons. The summed E-state index contributed by atoms with van der Waals surface area (Å²) >= 11 is 0.775. The highest BCUT2D eigenvalue weighted by molar-refractivity contribution is 7.09. The van der Waals surface area contributed by atoms with E-state index < -0.39 is 17.8 Å². The molecule has 1 aromatic carbocycles. The topological polar surface area (TPSA) is 38.9 Å². The summed E-state index contributed by atoms with van der Waals surface area (Å²) in [6.45, 7) is 1.78. The van der Waals surface area contributed by atoms with Crippen molar-refractivity contribution in [1.82, 2.24) is 4.98 Å². The Balaban J connectivity index is 2.22. The first-order valence-electron chi connectivity index (χ1n) is 5.85. The molecule has 8 heteroatoms. The molecule has 0 unspecified atom stereocenters. The largest absolute Gasteiger partial charge is 0.459 e. The molecule has 0 bridgehead atoms. The zero-order chi connectivity index (χ0) is 15.8. The summed E-state index contributed by atoms with van der Waals surface area (Å²) in [5.41, 5.74) is 6.54. The summed E-state index contributed by atoms with van der Waals surface area (Å²) in [5, 5.41) is 0.936. The van der Waals surface area contributed by atoms with Gasteiger partial charge in [0.1, 0.15) is 5.69 Å². The molecular weight excluding hydrogens is 311 g/mol. The minimum Gasteiger partial charge on any atom is -0.399 e. The fourth-order valence-electron chi connectivity index (χ4n) is 1.70. The maximum absolute atomic E-state index is 13.1. The number of thiazole rings is 1. The SMILES string of the molecule is Cc1cc(Cc2nc(C(F)(F)C(F)(F)F)cs2)ccc1N. The van der Waals surface area contributed by atoms with Crippen molar-refractivity contribution >= 4 is 17.0 Å². The summed E-state index contributed by atoms with van der Waals surface area (Å²) in [6.07, 6.45) is -5.46. The molecule has 0 amide bonds. The van der Waals surface area contributed by atoms with Crippen LogP contribution in [0.1, 0.15) is 21.8 Å². The van der Waals surface area contributed by atoms with Crippen molar-refractivity contribution in [1.29, 1.82) is 0 Å². The lowest BCUT2D eigenvalue weighted by Crippen LogP contribution is -2.34. The number of nitrogen functional groups attached to an aromatic ring is 1. The molecule has 0 saturated heterocycles. The van der Waals surface area contributed by atoms with Crippen LogP contribution in [0.2, 0.25) is 0 Å². The second-order valence-corrected chi connectivity index (χ2v) is 5.51. The van der Waals surface area contributed by atoms with Gasteiger partial charge in [0.05, 0.1) is 5.01 Å². The molecule has 0 saturated carbocycles. The first kappa shape index (κ1) is 15.7. The van der Waals surface area contributed by atoms with Crippen LogP contribution >= 0.6 is 11.3 Å². The van der Waals surface area contributed by atoms with Crippen molar-refractivity contribution in [3.63, 3.8) is 0 Å². The molecule has 1 heterocycles. The Morgan fingerprint density at radius 1 is 1.19 bits per heavy atom. The molecule has 0 spiro atoms. The number of hydrogen-bond acceptors (Lipinski definition) is 3. The molecule has 114 valence electrons. The zero-order valence-electron chi connectivity index (χ0n) is 10.8. The van der Waals surface area contributed by atoms with Crippen LogP contribution in [0.4, 0.5) is 27.6 Å². The third-order valence-corrected chi connectivity index (χ3v) is 3.77. The van der Waals surface area contributed by atoms with Crippen LogP contribution in [0.5, 0.6) is 0 Å². The highest BCUT2D eigenvalue weighted by atomic mass is 32.1. The molecule has 0 aliphatic carbocycles. The van der Waals surface area contributed by atoms with Crippen LogP contribution in [0.3, 0.4) is 0 Å². The summed E-state index contributed by atoms with van der Waals surface area (Å²) in [6, 6.07) is 5.09. The maximum atomic E-state index is 13.1. The van der Waals surface area contributed by atoms with Gasteiger partial charge in [-0.15, -0.1) is 11.3 Å². The Bertz CT molecular complexity index is 648. The Labute approximate surface area is 121 Å². The molecule has 0 atom stereocenters. The van der Waals surface area contributed by atoms with E-state index in [0.717, 1.165) is 27.8 Å². The van der Waals surface area contributed by atoms with Crippen molar-refractivity contribution in [3.05, 3.63) is 45.4 Å². The number of anilines is 1. The van der Waals surface area contributed by atoms with E-state index in [-0.39, 0.29) is 11.4 Å². The van der Waals surface area contributed by atoms with E-state index in [1.165, 1.54) is 0 Å². The fraction of sp³-hybridized carbons (Fsp3) is 0.308. The fourth-order valence-corrected chi connectivity index (χ4v) is 2.55. The minimum atomic E-state index is -5.64. The van der Waals surface area contributed by atoms with Gasteiger partial charge in [-0.2, -0.15) is 22.0 Å². The Morgan fingerprint density at radius 3 is 2.43 bits per heavy atom. The van der Waals surface area contributed by atoms with Gasteiger partial charge in [0.15, 0.2) is 0 Å². The van der Waals surface area contributed by atoms with Crippen molar-refractivity contribution in [2.75, 3.05) is 5.73 Å². The van der Waals surface area contributed by atoms with Crippen LogP contribution in [-0.4, -0.2) is 11.2 Å². The van der Waals surface area contributed by atoms with Gasteiger partial charge >= 0.3 is 12.1 Å². The van der Waals surface area contributed by atoms with E-state index in [1.54, 1.807) is 25.1 Å². The quantitative estimate of drug-likeness (QED) is 0.677. The predicted octanol–water partition coefficient (Wildman–Crippen LogP) is 4.28. The highest BCUT2D eigenvalue weighted by Gasteiger charge is 2.60. The average Bonchev–Trinajstić information content (AvgIpc) is 2.81. The number of nitrogens with zero attached hydrogens (tertiary/aromatic N) is 1. The van der Waals surface area contributed by atoms with Crippen molar-refractivity contribution < 1.29 is 22.0 Å². The van der Waals surface area contributed by atoms with Crippen LogP contribution in [0.25, 0.3) is 0 Å². The third kappa shape index (κ3) is 3.15. The second kappa shape index (κ2) is 5.25. The van der Waals surface area contributed by atoms with Crippen molar-refractivity contribution in [2.45, 2.75) is 25.4 Å². The van der Waals surface area contributed by atoms with Crippen LogP contribution < -0.4 is 5.73 Å². The summed E-state index contributed by atoms with van der Waals surface area (Å²) in [7, 11) is 0. The van der Waals surface area contributed by atoms with E-state index in [1.807, 2.05) is 0 Å². The molecule has 2 aromatic rings. The van der Waals surface area contributed by atoms with Gasteiger partial charge in [0, 0.05) is 17.5 Å². The molecule has 2 N–H and O–H groups in total. The van der Waals surface area contributed by atoms with E-state index >= 15 is 0 Å². The minimum absolute atomic E-state index is 0.180. The van der Waals surface area contributed by atoms with E-state index in [9.17, 15) is 22.0 Å². The smallest absolute Gasteiger partial charge is 0.399 e. The molecular formula is C13H11F5N2S. The van der Waals surface area contributed by atoms with Crippen LogP contribution in [-0.2, 0) is 12.3 Å². The first-order chi connectivity index (χ1) is 9.61. The van der Waals surface area contributed by atoms with Gasteiger partial charge in [-0.05, 0) is 24.1 Å². The number of alkyl halides is 5. The molecule has 2 rings (SSSR count). The Morgan fingerprint density at radius 2 is 1.86 bits per heavy atom. The standard InChI is InChI=1S/C13H11F5N2S/c1-7-4-8(2-3-9(7)19)5-11-20-10(6-21-11)12(14,15)13(16,17)18/h2-4,6H,5,19H2,1H3. The van der Waals surface area contributed by atoms with Crippen molar-refractivity contribution in [2.24, 2.45) is 0 Å². The average molecular weight is 322 g/mol. The van der Waals surface area contributed by atoms with Gasteiger partial charge in [-0.1, -0.05) is 12.1 Å². The summed E-state index contributed by atoms with van der Waals surface area (Å²) in [5.74, 6) is -4.93. The maximum Gasteiger partial charge on any atom is 0.459 e. The number of nitrogens with two attached hydrogens (primary N) is 1. The van der Waals surface area contributed by atoms with Crippen molar-refractivity contribution in [3.8, 4) is 0 Å². The van der Waals surface area contributed by atoms with Gasteiger partial charge in [0.25, 0.3) is 0 Å². The zero-order valence-corrected chi connectivity index (χ0v) is 11.7. The van der Waals surface area contributed by atoms with Gasteiger partial charge in [0.2, 0.25) is 0 Å². The van der Waals surface area contributed by atoms with Gasteiger partial charge in [-0.25, -0.2) is 4.98 Å². The monoisotopic (exact) mass is 322 g/mol. The van der Waals surface area contributed by atoms with E-state index in [4.69, 9.17) is 5.73 Å². The molecule has 0 aliphatic rings. The Hall–Kier alpha value is -1.70. The molecule has 21 heavy (non-hydrogen) atoms. The van der Waals surface area contributed by atoms with Gasteiger partial charge in [-0.3, -0.25) is 0 Å². The van der Waals surface area contributed by atoms with E-state index in [0.29, 0.717) is 5.69 Å². The number of benzene rings is 1. The Kier molecular flexibility index (Phi) is 3.92. The summed E-state index contributed by atoms with van der Waals surface area (Å²) < 4.78 is 63.0. The van der Waals surface area contributed by atoms with Crippen LogP contribution in [0.15, 0.2) is 23.6 Å². The molecule has 0 fully saturated rings. The molecule has 1 aromatic heterocycles. The highest BCUT2D eigenvalue weighted by Crippen LogP contribution is 2.43.